The van der Waals surface area contributed by atoms with Crippen LogP contribution in [0.2, 0.25) is 5.02 Å². The van der Waals surface area contributed by atoms with Gasteiger partial charge < -0.3 is 5.32 Å². The average Bonchev–Trinajstić information content (AvgIpc) is 2.85. The predicted molar refractivity (Wildman–Crippen MR) is 71.4 cm³/mol. The van der Waals surface area contributed by atoms with Crippen LogP contribution >= 0.6 is 23.1 Å². The first-order valence-corrected chi connectivity index (χ1v) is 6.86. The first-order valence-electron chi connectivity index (χ1n) is 5.65. The van der Waals surface area contributed by atoms with E-state index in [0.717, 1.165) is 12.2 Å². The van der Waals surface area contributed by atoms with Crippen LogP contribution in [0.5, 0.6) is 0 Å². The van der Waals surface area contributed by atoms with Gasteiger partial charge in [-0.25, -0.2) is 4.39 Å². The third-order valence-corrected chi connectivity index (χ3v) is 3.38. The largest absolute Gasteiger partial charge is 0.309 e. The molecule has 6 heteroatoms. The molecule has 0 aliphatic rings. The van der Waals surface area contributed by atoms with Crippen LogP contribution in [0, 0.1) is 5.82 Å². The minimum absolute atomic E-state index is 0.0237. The standard InChI is InChI=1S/C12H13ClFN3S/c1-2-15-11(12-7-18-17-16-12)5-8-3-4-9(13)6-10(8)14/h3-4,6-7,11,15H,2,5H2,1H3. The molecule has 1 heterocycles. The van der Waals surface area contributed by atoms with E-state index in [9.17, 15) is 4.39 Å². The van der Waals surface area contributed by atoms with Crippen LogP contribution in [0.25, 0.3) is 0 Å². The summed E-state index contributed by atoms with van der Waals surface area (Å²) >= 11 is 7.03. The lowest BCUT2D eigenvalue weighted by atomic mass is 10.0. The highest BCUT2D eigenvalue weighted by Crippen LogP contribution is 2.21. The number of nitrogens with one attached hydrogen (secondary N) is 1. The number of benzene rings is 1. The summed E-state index contributed by atoms with van der Waals surface area (Å²) < 4.78 is 17.6. The number of rotatable bonds is 5. The zero-order chi connectivity index (χ0) is 13.0. The van der Waals surface area contributed by atoms with E-state index in [1.165, 1.54) is 17.6 Å². The molecule has 0 amide bonds. The van der Waals surface area contributed by atoms with Crippen LogP contribution in [0.4, 0.5) is 4.39 Å². The molecule has 1 aromatic carbocycles. The van der Waals surface area contributed by atoms with E-state index >= 15 is 0 Å². The third-order valence-electron chi connectivity index (χ3n) is 2.62. The van der Waals surface area contributed by atoms with E-state index in [4.69, 9.17) is 11.6 Å². The molecule has 0 fully saturated rings. The van der Waals surface area contributed by atoms with Gasteiger partial charge in [-0.3, -0.25) is 0 Å². The zero-order valence-electron chi connectivity index (χ0n) is 9.86. The summed E-state index contributed by atoms with van der Waals surface area (Å²) in [6, 6.07) is 4.72. The molecule has 2 aromatic rings. The fourth-order valence-electron chi connectivity index (χ4n) is 1.76. The van der Waals surface area contributed by atoms with Gasteiger partial charge in [0.1, 0.15) is 5.82 Å². The lowest BCUT2D eigenvalue weighted by Crippen LogP contribution is -2.23. The van der Waals surface area contributed by atoms with Gasteiger partial charge >= 0.3 is 0 Å². The Morgan fingerprint density at radius 3 is 2.94 bits per heavy atom. The molecule has 0 spiro atoms. The summed E-state index contributed by atoms with van der Waals surface area (Å²) in [4.78, 5) is 0. The maximum absolute atomic E-state index is 13.7. The zero-order valence-corrected chi connectivity index (χ0v) is 11.4. The molecular weight excluding hydrogens is 273 g/mol. The van der Waals surface area contributed by atoms with Crippen molar-refractivity contribution < 1.29 is 4.39 Å². The average molecular weight is 286 g/mol. The van der Waals surface area contributed by atoms with Crippen molar-refractivity contribution in [2.75, 3.05) is 6.54 Å². The van der Waals surface area contributed by atoms with Gasteiger partial charge in [-0.05, 0) is 42.2 Å². The van der Waals surface area contributed by atoms with Crippen LogP contribution in [0.1, 0.15) is 24.2 Å². The Labute approximate surface area is 114 Å². The normalized spacial score (nSPS) is 12.6. The molecule has 18 heavy (non-hydrogen) atoms. The summed E-state index contributed by atoms with van der Waals surface area (Å²) in [5.74, 6) is -0.284. The van der Waals surface area contributed by atoms with Crippen LogP contribution in [-0.4, -0.2) is 16.1 Å². The number of hydrogen-bond acceptors (Lipinski definition) is 4. The molecule has 96 valence electrons. The molecule has 0 aliphatic heterocycles. The first kappa shape index (κ1) is 13.4. The molecule has 0 aliphatic carbocycles. The minimum Gasteiger partial charge on any atom is -0.309 e. The van der Waals surface area contributed by atoms with E-state index in [-0.39, 0.29) is 11.9 Å². The van der Waals surface area contributed by atoms with E-state index in [2.05, 4.69) is 14.9 Å². The molecular formula is C12H13ClFN3S. The highest BCUT2D eigenvalue weighted by Gasteiger charge is 2.16. The highest BCUT2D eigenvalue weighted by molar-refractivity contribution is 7.03. The van der Waals surface area contributed by atoms with E-state index in [1.54, 1.807) is 12.1 Å². The lowest BCUT2D eigenvalue weighted by Gasteiger charge is -2.15. The van der Waals surface area contributed by atoms with Crippen molar-refractivity contribution in [1.82, 2.24) is 14.9 Å². The van der Waals surface area contributed by atoms with Gasteiger partial charge in [0.05, 0.1) is 11.7 Å². The van der Waals surface area contributed by atoms with E-state index in [0.29, 0.717) is 17.0 Å². The monoisotopic (exact) mass is 285 g/mol. The van der Waals surface area contributed by atoms with Crippen LogP contribution in [0.15, 0.2) is 23.6 Å². The minimum atomic E-state index is -0.284. The summed E-state index contributed by atoms with van der Waals surface area (Å²) in [7, 11) is 0. The van der Waals surface area contributed by atoms with Gasteiger partial charge in [-0.1, -0.05) is 29.1 Å². The maximum atomic E-state index is 13.7. The summed E-state index contributed by atoms with van der Waals surface area (Å²) in [5.41, 5.74) is 1.47. The molecule has 1 atom stereocenters. The highest BCUT2D eigenvalue weighted by atomic mass is 35.5. The molecule has 0 radical (unpaired) electrons. The second-order valence-electron chi connectivity index (χ2n) is 3.88. The smallest absolute Gasteiger partial charge is 0.127 e. The fourth-order valence-corrected chi connectivity index (χ4v) is 2.43. The van der Waals surface area contributed by atoms with Gasteiger partial charge in [0.15, 0.2) is 0 Å². The van der Waals surface area contributed by atoms with Crippen molar-refractivity contribution in [2.45, 2.75) is 19.4 Å². The number of nitrogens with zero attached hydrogens (tertiary/aromatic N) is 2. The predicted octanol–water partition coefficient (Wildman–Crippen LogP) is 3.22. The second kappa shape index (κ2) is 6.22. The molecule has 0 saturated carbocycles. The SMILES string of the molecule is CCNC(Cc1ccc(Cl)cc1F)c1csnn1. The van der Waals surface area contributed by atoms with E-state index in [1.807, 2.05) is 12.3 Å². The van der Waals surface area contributed by atoms with E-state index < -0.39 is 0 Å². The summed E-state index contributed by atoms with van der Waals surface area (Å²) in [6.07, 6.45) is 0.530. The van der Waals surface area contributed by atoms with Gasteiger partial charge in [0.2, 0.25) is 0 Å². The summed E-state index contributed by atoms with van der Waals surface area (Å²) in [6.45, 7) is 2.79. The Morgan fingerprint density at radius 1 is 1.50 bits per heavy atom. The number of halogens is 2. The molecule has 0 saturated heterocycles. The summed E-state index contributed by atoms with van der Waals surface area (Å²) in [5, 5.41) is 9.60. The second-order valence-corrected chi connectivity index (χ2v) is 4.93. The van der Waals surface area contributed by atoms with Crippen molar-refractivity contribution in [2.24, 2.45) is 0 Å². The quantitative estimate of drug-likeness (QED) is 0.916. The third kappa shape index (κ3) is 3.25. The molecule has 2 rings (SSSR count). The molecule has 1 aromatic heterocycles. The van der Waals surface area contributed by atoms with Gasteiger partial charge in [-0.15, -0.1) is 5.10 Å². The Balaban J connectivity index is 2.18. The number of hydrogen-bond donors (Lipinski definition) is 1. The Kier molecular flexibility index (Phi) is 4.63. The molecule has 0 bridgehead atoms. The molecule has 1 unspecified atom stereocenters. The Bertz CT molecular complexity index is 504. The van der Waals surface area contributed by atoms with Gasteiger partial charge in [0, 0.05) is 10.4 Å². The Hall–Kier alpha value is -1.04. The van der Waals surface area contributed by atoms with Crippen molar-refractivity contribution in [3.63, 3.8) is 0 Å². The lowest BCUT2D eigenvalue weighted by molar-refractivity contribution is 0.517. The van der Waals surface area contributed by atoms with Gasteiger partial charge in [-0.2, -0.15) is 0 Å². The van der Waals surface area contributed by atoms with Crippen molar-refractivity contribution >= 4 is 23.1 Å². The van der Waals surface area contributed by atoms with Crippen molar-refractivity contribution in [3.05, 3.63) is 45.7 Å². The van der Waals surface area contributed by atoms with Crippen LogP contribution in [-0.2, 0) is 6.42 Å². The van der Waals surface area contributed by atoms with Crippen molar-refractivity contribution in [3.8, 4) is 0 Å². The Morgan fingerprint density at radius 2 is 2.33 bits per heavy atom. The van der Waals surface area contributed by atoms with Gasteiger partial charge in [0.25, 0.3) is 0 Å². The molecule has 3 nitrogen and oxygen atoms in total. The van der Waals surface area contributed by atoms with Crippen molar-refractivity contribution in [1.29, 1.82) is 0 Å². The van der Waals surface area contributed by atoms with Crippen LogP contribution in [0.3, 0.4) is 0 Å². The number of aromatic nitrogens is 2. The first-order chi connectivity index (χ1) is 8.70. The topological polar surface area (TPSA) is 37.8 Å². The number of likely N-dealkylation sites (N-methyl/N-ethyl adjacent to an activating group) is 1. The maximum Gasteiger partial charge on any atom is 0.127 e. The molecule has 1 N–H and O–H groups in total. The fraction of sp³-hybridized carbons (Fsp3) is 0.333. The van der Waals surface area contributed by atoms with Crippen LogP contribution < -0.4 is 5.32 Å².